The van der Waals surface area contributed by atoms with Crippen molar-refractivity contribution in [2.75, 3.05) is 45.9 Å². The van der Waals surface area contributed by atoms with Gasteiger partial charge in [0.2, 0.25) is 5.91 Å². The van der Waals surface area contributed by atoms with Crippen molar-refractivity contribution >= 4 is 17.5 Å². The van der Waals surface area contributed by atoms with Crippen LogP contribution in [0.5, 0.6) is 0 Å². The van der Waals surface area contributed by atoms with Gasteiger partial charge in [0.15, 0.2) is 0 Å². The molecule has 2 fully saturated rings. The van der Waals surface area contributed by atoms with E-state index in [-0.39, 0.29) is 22.3 Å². The van der Waals surface area contributed by atoms with Crippen LogP contribution >= 0.6 is 11.6 Å². The number of carbonyl (C=O) groups excluding carboxylic acids is 1. The minimum absolute atomic E-state index is 0.00493. The summed E-state index contributed by atoms with van der Waals surface area (Å²) in [5.74, 6) is -0.371. The van der Waals surface area contributed by atoms with E-state index >= 15 is 0 Å². The molecule has 138 valence electrons. The summed E-state index contributed by atoms with van der Waals surface area (Å²) in [7, 11) is 0. The van der Waals surface area contributed by atoms with Gasteiger partial charge in [-0.15, -0.1) is 0 Å². The number of halogens is 2. The van der Waals surface area contributed by atoms with E-state index in [1.165, 1.54) is 6.07 Å². The molecule has 7 heteroatoms. The molecule has 2 aliphatic rings. The number of hydrogen-bond donors (Lipinski definition) is 1. The molecule has 0 aliphatic carbocycles. The number of piperazine rings is 1. The van der Waals surface area contributed by atoms with Crippen molar-refractivity contribution in [1.82, 2.24) is 15.1 Å². The first-order valence-electron chi connectivity index (χ1n) is 8.72. The van der Waals surface area contributed by atoms with Crippen LogP contribution in [0.2, 0.25) is 5.02 Å². The highest BCUT2D eigenvalue weighted by atomic mass is 35.5. The number of nitrogens with zero attached hydrogens (tertiary/aromatic N) is 2. The maximum Gasteiger partial charge on any atom is 0.216 e. The molecule has 0 saturated carbocycles. The van der Waals surface area contributed by atoms with E-state index in [2.05, 4.69) is 15.1 Å². The summed E-state index contributed by atoms with van der Waals surface area (Å²) in [5, 5.41) is 3.12. The second-order valence-electron chi connectivity index (χ2n) is 6.95. The zero-order valence-corrected chi connectivity index (χ0v) is 15.3. The third kappa shape index (κ3) is 4.50. The van der Waals surface area contributed by atoms with Crippen molar-refractivity contribution in [3.8, 4) is 0 Å². The molecule has 1 N–H and O–H groups in total. The van der Waals surface area contributed by atoms with Gasteiger partial charge in [-0.05, 0) is 24.1 Å². The van der Waals surface area contributed by atoms with Crippen LogP contribution in [-0.4, -0.2) is 67.2 Å². The fraction of sp³-hybridized carbons (Fsp3) is 0.611. The van der Waals surface area contributed by atoms with Gasteiger partial charge in [-0.2, -0.15) is 0 Å². The summed E-state index contributed by atoms with van der Waals surface area (Å²) in [5.41, 5.74) is 0.844. The molecular formula is C18H25ClFN3O2. The molecule has 5 nitrogen and oxygen atoms in total. The number of ether oxygens (including phenoxy) is 1. The highest BCUT2D eigenvalue weighted by Crippen LogP contribution is 2.27. The lowest BCUT2D eigenvalue weighted by Gasteiger charge is -2.45. The first-order valence-corrected chi connectivity index (χ1v) is 9.10. The Balaban J connectivity index is 1.56. The van der Waals surface area contributed by atoms with E-state index in [1.54, 1.807) is 13.0 Å². The molecule has 2 saturated heterocycles. The summed E-state index contributed by atoms with van der Waals surface area (Å²) < 4.78 is 19.2. The number of carbonyl (C=O) groups is 1. The zero-order chi connectivity index (χ0) is 17.9. The minimum atomic E-state index is -0.366. The van der Waals surface area contributed by atoms with Crippen molar-refractivity contribution < 1.29 is 13.9 Å². The Morgan fingerprint density at radius 2 is 2.12 bits per heavy atom. The van der Waals surface area contributed by atoms with Crippen molar-refractivity contribution in [3.05, 3.63) is 34.6 Å². The van der Waals surface area contributed by atoms with Crippen molar-refractivity contribution in [2.24, 2.45) is 0 Å². The van der Waals surface area contributed by atoms with E-state index in [1.807, 2.05) is 6.07 Å². The SMILES string of the molecule is CC(=O)NCC1(N2CCN(Cc3ccc(Cl)c(F)c3)CC2)CCOC1. The van der Waals surface area contributed by atoms with E-state index in [4.69, 9.17) is 16.3 Å². The lowest BCUT2D eigenvalue weighted by atomic mass is 9.94. The maximum absolute atomic E-state index is 13.6. The van der Waals surface area contributed by atoms with Gasteiger partial charge in [-0.1, -0.05) is 17.7 Å². The number of hydrogen-bond acceptors (Lipinski definition) is 4. The summed E-state index contributed by atoms with van der Waals surface area (Å²) in [6, 6.07) is 5.00. The summed E-state index contributed by atoms with van der Waals surface area (Å²) >= 11 is 5.75. The monoisotopic (exact) mass is 369 g/mol. The van der Waals surface area contributed by atoms with Crippen LogP contribution in [0.15, 0.2) is 18.2 Å². The Hall–Kier alpha value is -1.21. The number of nitrogens with one attached hydrogen (secondary N) is 1. The summed E-state index contributed by atoms with van der Waals surface area (Å²) in [6.07, 6.45) is 0.940. The standard InChI is InChI=1S/C18H25ClFN3O2/c1-14(24)21-12-18(4-9-25-13-18)23-7-5-22(6-8-23)11-15-2-3-16(19)17(20)10-15/h2-3,10H,4-9,11-13H2,1H3,(H,21,24). The molecule has 0 aromatic heterocycles. The Labute approximate surface area is 153 Å². The fourth-order valence-electron chi connectivity index (χ4n) is 3.66. The predicted molar refractivity (Wildman–Crippen MR) is 95.1 cm³/mol. The lowest BCUT2D eigenvalue weighted by Crippen LogP contribution is -2.61. The molecule has 2 aliphatic heterocycles. The van der Waals surface area contributed by atoms with Gasteiger partial charge in [0.05, 0.1) is 17.2 Å². The Morgan fingerprint density at radius 3 is 2.72 bits per heavy atom. The van der Waals surface area contributed by atoms with Gasteiger partial charge in [0.1, 0.15) is 5.82 Å². The molecule has 2 heterocycles. The normalized spacial score (nSPS) is 25.2. The average Bonchev–Trinajstić information content (AvgIpc) is 3.07. The predicted octanol–water partition coefficient (Wildman–Crippen LogP) is 1.89. The molecule has 0 bridgehead atoms. The van der Waals surface area contributed by atoms with Gasteiger partial charge < -0.3 is 10.1 Å². The van der Waals surface area contributed by atoms with E-state index in [0.717, 1.165) is 51.3 Å². The van der Waals surface area contributed by atoms with Gasteiger partial charge >= 0.3 is 0 Å². The Kier molecular flexibility index (Phi) is 5.94. The topological polar surface area (TPSA) is 44.8 Å². The first kappa shape index (κ1) is 18.6. The number of benzene rings is 1. The van der Waals surface area contributed by atoms with Gasteiger partial charge in [-0.25, -0.2) is 4.39 Å². The van der Waals surface area contributed by atoms with Crippen LogP contribution < -0.4 is 5.32 Å². The number of rotatable bonds is 5. The molecule has 0 spiro atoms. The molecular weight excluding hydrogens is 345 g/mol. The maximum atomic E-state index is 13.6. The van der Waals surface area contributed by atoms with E-state index < -0.39 is 0 Å². The van der Waals surface area contributed by atoms with E-state index in [0.29, 0.717) is 13.2 Å². The highest BCUT2D eigenvalue weighted by molar-refractivity contribution is 6.30. The summed E-state index contributed by atoms with van der Waals surface area (Å²) in [6.45, 7) is 7.95. The second kappa shape index (κ2) is 7.99. The molecule has 1 aromatic carbocycles. The minimum Gasteiger partial charge on any atom is -0.379 e. The molecule has 1 amide bonds. The van der Waals surface area contributed by atoms with Crippen LogP contribution in [0, 0.1) is 5.82 Å². The van der Waals surface area contributed by atoms with Crippen LogP contribution in [0.4, 0.5) is 4.39 Å². The van der Waals surface area contributed by atoms with Crippen molar-refractivity contribution in [1.29, 1.82) is 0 Å². The Bertz CT molecular complexity index is 614. The smallest absolute Gasteiger partial charge is 0.216 e. The van der Waals surface area contributed by atoms with Crippen LogP contribution in [0.3, 0.4) is 0 Å². The number of amides is 1. The summed E-state index contributed by atoms with van der Waals surface area (Å²) in [4.78, 5) is 16.1. The lowest BCUT2D eigenvalue weighted by molar-refractivity contribution is -0.119. The fourth-order valence-corrected chi connectivity index (χ4v) is 3.78. The zero-order valence-electron chi connectivity index (χ0n) is 14.6. The molecule has 1 unspecified atom stereocenters. The van der Waals surface area contributed by atoms with Crippen molar-refractivity contribution in [2.45, 2.75) is 25.4 Å². The molecule has 0 radical (unpaired) electrons. The van der Waals surface area contributed by atoms with Gasteiger partial charge in [0, 0.05) is 52.8 Å². The third-order valence-electron chi connectivity index (χ3n) is 5.18. The second-order valence-corrected chi connectivity index (χ2v) is 7.36. The van der Waals surface area contributed by atoms with E-state index in [9.17, 15) is 9.18 Å². The molecule has 3 rings (SSSR count). The molecule has 25 heavy (non-hydrogen) atoms. The molecule has 1 aromatic rings. The van der Waals surface area contributed by atoms with Crippen molar-refractivity contribution in [3.63, 3.8) is 0 Å². The average molecular weight is 370 g/mol. The Morgan fingerprint density at radius 1 is 1.36 bits per heavy atom. The van der Waals surface area contributed by atoms with Gasteiger partial charge in [0.25, 0.3) is 0 Å². The molecule has 1 atom stereocenters. The van der Waals surface area contributed by atoms with Crippen LogP contribution in [0.1, 0.15) is 18.9 Å². The largest absolute Gasteiger partial charge is 0.379 e. The van der Waals surface area contributed by atoms with Crippen LogP contribution in [-0.2, 0) is 16.1 Å². The van der Waals surface area contributed by atoms with Crippen LogP contribution in [0.25, 0.3) is 0 Å². The van der Waals surface area contributed by atoms with Gasteiger partial charge in [-0.3, -0.25) is 14.6 Å². The first-order chi connectivity index (χ1) is 12.0. The highest BCUT2D eigenvalue weighted by Gasteiger charge is 2.41. The third-order valence-corrected chi connectivity index (χ3v) is 5.49. The quantitative estimate of drug-likeness (QED) is 0.861.